The van der Waals surface area contributed by atoms with Crippen LogP contribution >= 0.6 is 23.4 Å². The number of benzene rings is 1. The molecule has 3 N–H and O–H groups in total. The highest BCUT2D eigenvalue weighted by Gasteiger charge is 2.27. The lowest BCUT2D eigenvalue weighted by atomic mass is 10.1. The zero-order chi connectivity index (χ0) is 19.6. The van der Waals surface area contributed by atoms with Gasteiger partial charge in [0.15, 0.2) is 5.16 Å². The van der Waals surface area contributed by atoms with Crippen molar-refractivity contribution in [2.45, 2.75) is 44.1 Å². The Morgan fingerprint density at radius 2 is 1.92 bits per heavy atom. The summed E-state index contributed by atoms with van der Waals surface area (Å²) in [5.74, 6) is -0.639. The largest absolute Gasteiger partial charge is 0.351 e. The average Bonchev–Trinajstić information content (AvgIpc) is 2.50. The number of carbonyl (C=O) groups excluding carboxylic acids is 2. The summed E-state index contributed by atoms with van der Waals surface area (Å²) in [4.78, 5) is 40.8. The molecule has 0 radical (unpaired) electrons. The van der Waals surface area contributed by atoms with Crippen LogP contribution in [0.5, 0.6) is 0 Å². The quantitative estimate of drug-likeness (QED) is 0.596. The predicted octanol–water partition coefficient (Wildman–Crippen LogP) is 2.94. The molecular formula is C17H21ClN4O3S. The summed E-state index contributed by atoms with van der Waals surface area (Å²) < 4.78 is 1.54. The van der Waals surface area contributed by atoms with Crippen LogP contribution in [-0.2, 0) is 4.79 Å². The van der Waals surface area contributed by atoms with Crippen LogP contribution in [0.1, 0.15) is 33.7 Å². The standard InChI is InChI=1S/C17H21ClN4O3S/c1-8(2)13(14(23)21-16(19)25)26-17-20-12-7-10(18)5-6-11(12)15(24)22(17)9(3)4/h5-9,13H,1-4H3,(H3,19,21,23,25)/t13-/m0/s1. The average molecular weight is 397 g/mol. The monoisotopic (exact) mass is 396 g/mol. The van der Waals surface area contributed by atoms with E-state index in [4.69, 9.17) is 17.3 Å². The molecule has 0 fully saturated rings. The van der Waals surface area contributed by atoms with Crippen LogP contribution in [0.25, 0.3) is 10.9 Å². The number of nitrogens with one attached hydrogen (secondary N) is 1. The first-order chi connectivity index (χ1) is 12.1. The Hall–Kier alpha value is -2.06. The van der Waals surface area contributed by atoms with Crippen molar-refractivity contribution in [2.75, 3.05) is 0 Å². The molecule has 1 atom stereocenters. The lowest BCUT2D eigenvalue weighted by molar-refractivity contribution is -0.120. The molecule has 1 heterocycles. The van der Waals surface area contributed by atoms with Gasteiger partial charge in [0.2, 0.25) is 5.91 Å². The van der Waals surface area contributed by atoms with Crippen molar-refractivity contribution in [3.8, 4) is 0 Å². The number of carbonyl (C=O) groups is 2. The third kappa shape index (κ3) is 4.37. The number of nitrogens with two attached hydrogens (primary N) is 1. The van der Waals surface area contributed by atoms with E-state index in [0.717, 1.165) is 11.8 Å². The number of fused-ring (bicyclic) bond motifs is 1. The molecule has 140 valence electrons. The maximum absolute atomic E-state index is 12.9. The summed E-state index contributed by atoms with van der Waals surface area (Å²) in [6.45, 7) is 7.41. The lowest BCUT2D eigenvalue weighted by Crippen LogP contribution is -2.42. The summed E-state index contributed by atoms with van der Waals surface area (Å²) in [5, 5.41) is 2.76. The highest BCUT2D eigenvalue weighted by molar-refractivity contribution is 8.00. The zero-order valence-corrected chi connectivity index (χ0v) is 16.5. The first kappa shape index (κ1) is 20.3. The Morgan fingerprint density at radius 1 is 1.27 bits per heavy atom. The number of thioether (sulfide) groups is 1. The molecule has 1 aromatic heterocycles. The van der Waals surface area contributed by atoms with Gasteiger partial charge < -0.3 is 5.73 Å². The molecule has 2 aromatic rings. The van der Waals surface area contributed by atoms with E-state index >= 15 is 0 Å². The summed E-state index contributed by atoms with van der Waals surface area (Å²) in [7, 11) is 0. The second kappa shape index (κ2) is 8.09. The predicted molar refractivity (Wildman–Crippen MR) is 104 cm³/mol. The fourth-order valence-electron chi connectivity index (χ4n) is 2.49. The van der Waals surface area contributed by atoms with Gasteiger partial charge in [0.25, 0.3) is 5.56 Å². The fraction of sp³-hybridized carbons (Fsp3) is 0.412. The van der Waals surface area contributed by atoms with Crippen LogP contribution in [0.2, 0.25) is 5.02 Å². The molecule has 0 aliphatic rings. The molecule has 0 saturated heterocycles. The van der Waals surface area contributed by atoms with E-state index in [1.165, 1.54) is 4.57 Å². The van der Waals surface area contributed by atoms with Gasteiger partial charge >= 0.3 is 6.03 Å². The van der Waals surface area contributed by atoms with Gasteiger partial charge in [0.1, 0.15) is 0 Å². The van der Waals surface area contributed by atoms with Crippen LogP contribution in [0, 0.1) is 5.92 Å². The molecule has 1 aromatic carbocycles. The molecule has 0 saturated carbocycles. The van der Waals surface area contributed by atoms with Gasteiger partial charge in [0, 0.05) is 11.1 Å². The molecule has 0 aliphatic heterocycles. The number of hydrogen-bond acceptors (Lipinski definition) is 5. The molecule has 0 aliphatic carbocycles. The summed E-state index contributed by atoms with van der Waals surface area (Å²) in [5.41, 5.74) is 5.30. The molecule has 0 unspecified atom stereocenters. The maximum atomic E-state index is 12.9. The van der Waals surface area contributed by atoms with Crippen LogP contribution in [0.3, 0.4) is 0 Å². The van der Waals surface area contributed by atoms with Crippen molar-refractivity contribution in [3.63, 3.8) is 0 Å². The van der Waals surface area contributed by atoms with Crippen LogP contribution in [0.4, 0.5) is 4.79 Å². The third-order valence-electron chi connectivity index (χ3n) is 3.69. The molecule has 7 nitrogen and oxygen atoms in total. The molecular weight excluding hydrogens is 376 g/mol. The van der Waals surface area contributed by atoms with Crippen LogP contribution in [-0.4, -0.2) is 26.7 Å². The van der Waals surface area contributed by atoms with E-state index in [2.05, 4.69) is 10.3 Å². The number of urea groups is 1. The molecule has 2 rings (SSSR count). The smallest absolute Gasteiger partial charge is 0.318 e. The van der Waals surface area contributed by atoms with Gasteiger partial charge in [0.05, 0.1) is 16.2 Å². The molecule has 0 bridgehead atoms. The van der Waals surface area contributed by atoms with Crippen molar-refractivity contribution >= 4 is 46.2 Å². The topological polar surface area (TPSA) is 107 Å². The van der Waals surface area contributed by atoms with Crippen molar-refractivity contribution in [2.24, 2.45) is 11.7 Å². The van der Waals surface area contributed by atoms with Gasteiger partial charge in [-0.15, -0.1) is 0 Å². The van der Waals surface area contributed by atoms with Crippen LogP contribution in [0.15, 0.2) is 28.2 Å². The summed E-state index contributed by atoms with van der Waals surface area (Å²) >= 11 is 7.14. The number of amides is 3. The minimum absolute atomic E-state index is 0.119. The maximum Gasteiger partial charge on any atom is 0.318 e. The second-order valence-electron chi connectivity index (χ2n) is 6.46. The van der Waals surface area contributed by atoms with Gasteiger partial charge in [-0.2, -0.15) is 0 Å². The highest BCUT2D eigenvalue weighted by Crippen LogP contribution is 2.29. The number of imide groups is 1. The first-order valence-corrected chi connectivity index (χ1v) is 9.36. The van der Waals surface area contributed by atoms with Crippen molar-refractivity contribution in [1.82, 2.24) is 14.9 Å². The van der Waals surface area contributed by atoms with Gasteiger partial charge in [-0.3, -0.25) is 19.5 Å². The normalized spacial score (nSPS) is 12.6. The molecule has 3 amide bonds. The Morgan fingerprint density at radius 3 is 2.46 bits per heavy atom. The fourth-order valence-corrected chi connectivity index (χ4v) is 3.88. The number of nitrogens with zero attached hydrogens (tertiary/aromatic N) is 2. The van der Waals surface area contributed by atoms with Crippen molar-refractivity contribution < 1.29 is 9.59 Å². The Labute approximate surface area is 160 Å². The second-order valence-corrected chi connectivity index (χ2v) is 8.01. The van der Waals surface area contributed by atoms with Crippen molar-refractivity contribution in [1.29, 1.82) is 0 Å². The Kier molecular flexibility index (Phi) is 6.30. The minimum atomic E-state index is -0.916. The Balaban J connectivity index is 2.59. The SMILES string of the molecule is CC(C)[C@H](Sc1nc2cc(Cl)ccc2c(=O)n1C(C)C)C(=O)NC(N)=O. The van der Waals surface area contributed by atoms with E-state index < -0.39 is 17.2 Å². The van der Waals surface area contributed by atoms with Gasteiger partial charge in [-0.1, -0.05) is 37.2 Å². The number of rotatable bonds is 5. The van der Waals surface area contributed by atoms with E-state index in [1.54, 1.807) is 18.2 Å². The lowest BCUT2D eigenvalue weighted by Gasteiger charge is -2.22. The van der Waals surface area contributed by atoms with E-state index in [9.17, 15) is 14.4 Å². The summed E-state index contributed by atoms with van der Waals surface area (Å²) in [6.07, 6.45) is 0. The van der Waals surface area contributed by atoms with Crippen molar-refractivity contribution in [3.05, 3.63) is 33.6 Å². The summed E-state index contributed by atoms with van der Waals surface area (Å²) in [6, 6.07) is 3.81. The number of primary amides is 1. The van der Waals surface area contributed by atoms with E-state index in [-0.39, 0.29) is 17.5 Å². The number of aromatic nitrogens is 2. The zero-order valence-electron chi connectivity index (χ0n) is 14.9. The first-order valence-electron chi connectivity index (χ1n) is 8.10. The molecule has 26 heavy (non-hydrogen) atoms. The number of halogens is 1. The third-order valence-corrected chi connectivity index (χ3v) is 5.44. The molecule has 0 spiro atoms. The molecule has 9 heteroatoms. The Bertz CT molecular complexity index is 911. The number of hydrogen-bond donors (Lipinski definition) is 2. The van der Waals surface area contributed by atoms with Gasteiger partial charge in [-0.05, 0) is 38.0 Å². The van der Waals surface area contributed by atoms with Gasteiger partial charge in [-0.25, -0.2) is 9.78 Å². The highest BCUT2D eigenvalue weighted by atomic mass is 35.5. The van der Waals surface area contributed by atoms with E-state index in [1.807, 2.05) is 27.7 Å². The van der Waals surface area contributed by atoms with Crippen LogP contribution < -0.4 is 16.6 Å². The van der Waals surface area contributed by atoms with E-state index in [0.29, 0.717) is 21.1 Å². The minimum Gasteiger partial charge on any atom is -0.351 e.